The van der Waals surface area contributed by atoms with Crippen LogP contribution in [0.15, 0.2) is 16.9 Å². The molecule has 0 aliphatic carbocycles. The summed E-state index contributed by atoms with van der Waals surface area (Å²) in [6.07, 6.45) is 1.48. The predicted molar refractivity (Wildman–Crippen MR) is 75.1 cm³/mol. The zero-order valence-corrected chi connectivity index (χ0v) is 12.1. The molecule has 3 aromatic heterocycles. The molecule has 0 amide bonds. The van der Waals surface area contributed by atoms with Crippen molar-refractivity contribution in [2.24, 2.45) is 0 Å². The maximum Gasteiger partial charge on any atom is 0.263 e. The van der Waals surface area contributed by atoms with Gasteiger partial charge in [0, 0.05) is 18.0 Å². The molecule has 104 valence electrons. The zero-order chi connectivity index (χ0) is 14.1. The van der Waals surface area contributed by atoms with Crippen LogP contribution in [0.5, 0.6) is 5.88 Å². The van der Waals surface area contributed by atoms with Crippen molar-refractivity contribution < 1.29 is 9.26 Å². The predicted octanol–water partition coefficient (Wildman–Crippen LogP) is 2.03. The molecule has 3 heterocycles. The molecule has 0 bridgehead atoms. The van der Waals surface area contributed by atoms with Crippen LogP contribution in [0.4, 0.5) is 5.82 Å². The fourth-order valence-electron chi connectivity index (χ4n) is 1.97. The van der Waals surface area contributed by atoms with Crippen LogP contribution in [0.1, 0.15) is 10.6 Å². The average Bonchev–Trinajstić information content (AvgIpc) is 3.06. The number of fused-ring (bicyclic) bond motifs is 1. The van der Waals surface area contributed by atoms with Crippen LogP contribution >= 0.6 is 11.5 Å². The number of hydrogen-bond donors (Lipinski definition) is 0. The summed E-state index contributed by atoms with van der Waals surface area (Å²) in [7, 11) is 3.57. The zero-order valence-electron chi connectivity index (χ0n) is 11.3. The largest absolute Gasteiger partial charge is 0.480 e. The van der Waals surface area contributed by atoms with Gasteiger partial charge in [-0.25, -0.2) is 4.98 Å². The molecule has 0 radical (unpaired) electrons. The quantitative estimate of drug-likeness (QED) is 0.727. The van der Waals surface area contributed by atoms with Crippen molar-refractivity contribution in [2.75, 3.05) is 19.1 Å². The van der Waals surface area contributed by atoms with Crippen molar-refractivity contribution in [1.82, 2.24) is 19.5 Å². The first kappa shape index (κ1) is 12.8. The fourth-order valence-corrected chi connectivity index (χ4v) is 2.71. The Balaban J connectivity index is 1.92. The van der Waals surface area contributed by atoms with Gasteiger partial charge in [-0.1, -0.05) is 5.16 Å². The van der Waals surface area contributed by atoms with E-state index in [0.717, 1.165) is 21.8 Å². The van der Waals surface area contributed by atoms with Crippen molar-refractivity contribution in [3.63, 3.8) is 0 Å². The normalized spacial score (nSPS) is 10.9. The number of methoxy groups -OCH3 is 1. The SMILES string of the molecule is COc1cc(CN(C)c2ncnc3onc(C)c23)sn1. The molecule has 7 nitrogen and oxygen atoms in total. The second-order valence-electron chi connectivity index (χ2n) is 4.34. The smallest absolute Gasteiger partial charge is 0.263 e. The Morgan fingerprint density at radius 3 is 3.00 bits per heavy atom. The molecule has 0 saturated heterocycles. The third-order valence-corrected chi connectivity index (χ3v) is 3.68. The molecule has 8 heteroatoms. The lowest BCUT2D eigenvalue weighted by molar-refractivity contribution is 0.402. The Morgan fingerprint density at radius 1 is 1.40 bits per heavy atom. The highest BCUT2D eigenvalue weighted by Gasteiger charge is 2.16. The summed E-state index contributed by atoms with van der Waals surface area (Å²) in [5, 5.41) is 4.77. The van der Waals surface area contributed by atoms with Gasteiger partial charge in [0.05, 0.1) is 19.3 Å². The second kappa shape index (κ2) is 5.04. The molecule has 0 spiro atoms. The summed E-state index contributed by atoms with van der Waals surface area (Å²) in [6.45, 7) is 2.56. The van der Waals surface area contributed by atoms with Crippen LogP contribution in [0, 0.1) is 6.92 Å². The lowest BCUT2D eigenvalue weighted by Gasteiger charge is -2.17. The van der Waals surface area contributed by atoms with Crippen LogP contribution in [0.25, 0.3) is 11.1 Å². The van der Waals surface area contributed by atoms with Crippen molar-refractivity contribution in [2.45, 2.75) is 13.5 Å². The average molecular weight is 291 g/mol. The monoisotopic (exact) mass is 291 g/mol. The Hall–Kier alpha value is -2.22. The van der Waals surface area contributed by atoms with Gasteiger partial charge in [-0.05, 0) is 18.5 Å². The maximum atomic E-state index is 5.15. The number of aryl methyl sites for hydroxylation is 1. The minimum absolute atomic E-state index is 0.501. The van der Waals surface area contributed by atoms with Gasteiger partial charge in [-0.2, -0.15) is 9.36 Å². The van der Waals surface area contributed by atoms with Crippen LogP contribution in [-0.4, -0.2) is 33.7 Å². The van der Waals surface area contributed by atoms with Gasteiger partial charge < -0.3 is 14.2 Å². The van der Waals surface area contributed by atoms with Gasteiger partial charge in [-0.3, -0.25) is 0 Å². The Kier molecular flexibility index (Phi) is 3.23. The van der Waals surface area contributed by atoms with E-state index in [1.807, 2.05) is 24.9 Å². The third kappa shape index (κ3) is 2.18. The van der Waals surface area contributed by atoms with Gasteiger partial charge in [-0.15, -0.1) is 0 Å². The van der Waals surface area contributed by atoms with Gasteiger partial charge in [0.15, 0.2) is 0 Å². The first-order chi connectivity index (χ1) is 9.69. The van der Waals surface area contributed by atoms with E-state index in [2.05, 4.69) is 19.5 Å². The van der Waals surface area contributed by atoms with Crippen molar-refractivity contribution >= 4 is 28.5 Å². The van der Waals surface area contributed by atoms with E-state index in [-0.39, 0.29) is 0 Å². The summed E-state index contributed by atoms with van der Waals surface area (Å²) in [5.41, 5.74) is 1.28. The molecule has 3 aromatic rings. The summed E-state index contributed by atoms with van der Waals surface area (Å²) in [5.74, 6) is 1.42. The number of nitrogens with zero attached hydrogens (tertiary/aromatic N) is 5. The summed E-state index contributed by atoms with van der Waals surface area (Å²) >= 11 is 1.41. The number of anilines is 1. The second-order valence-corrected chi connectivity index (χ2v) is 5.23. The third-order valence-electron chi connectivity index (χ3n) is 2.92. The summed E-state index contributed by atoms with van der Waals surface area (Å²) in [6, 6.07) is 1.92. The molecular weight excluding hydrogens is 278 g/mol. The van der Waals surface area contributed by atoms with Crippen LogP contribution in [-0.2, 0) is 6.54 Å². The van der Waals surface area contributed by atoms with Crippen molar-refractivity contribution in [1.29, 1.82) is 0 Å². The van der Waals surface area contributed by atoms with Gasteiger partial charge in [0.25, 0.3) is 5.71 Å². The standard InChI is InChI=1S/C12H13N5O2S/c1-7-10-11(13-6-14-12(10)19-15-7)17(2)5-8-4-9(18-3)16-20-8/h4,6H,5H2,1-3H3. The van der Waals surface area contributed by atoms with Gasteiger partial charge in [0.2, 0.25) is 5.88 Å². The lowest BCUT2D eigenvalue weighted by Crippen LogP contribution is -2.17. The minimum atomic E-state index is 0.501. The molecule has 0 saturated carbocycles. The topological polar surface area (TPSA) is 77.2 Å². The highest BCUT2D eigenvalue weighted by atomic mass is 32.1. The first-order valence-electron chi connectivity index (χ1n) is 5.96. The van der Waals surface area contributed by atoms with Crippen LogP contribution in [0.3, 0.4) is 0 Å². The molecule has 0 aromatic carbocycles. The maximum absolute atomic E-state index is 5.15. The summed E-state index contributed by atoms with van der Waals surface area (Å²) in [4.78, 5) is 11.5. The molecule has 20 heavy (non-hydrogen) atoms. The summed E-state index contributed by atoms with van der Waals surface area (Å²) < 4.78 is 14.4. The van der Waals surface area contributed by atoms with E-state index >= 15 is 0 Å². The first-order valence-corrected chi connectivity index (χ1v) is 6.74. The molecule has 0 atom stereocenters. The van der Waals surface area contributed by atoms with E-state index in [0.29, 0.717) is 18.1 Å². The number of hydrogen-bond acceptors (Lipinski definition) is 8. The number of rotatable bonds is 4. The van der Waals surface area contributed by atoms with E-state index in [4.69, 9.17) is 9.26 Å². The molecule has 0 fully saturated rings. The highest BCUT2D eigenvalue weighted by molar-refractivity contribution is 7.05. The molecule has 0 unspecified atom stereocenters. The Labute approximate surface area is 119 Å². The van der Waals surface area contributed by atoms with Crippen molar-refractivity contribution in [3.05, 3.63) is 23.0 Å². The van der Waals surface area contributed by atoms with Gasteiger partial charge in [0.1, 0.15) is 17.5 Å². The van der Waals surface area contributed by atoms with E-state index in [1.54, 1.807) is 7.11 Å². The van der Waals surface area contributed by atoms with Crippen LogP contribution < -0.4 is 9.64 Å². The lowest BCUT2D eigenvalue weighted by atomic mass is 10.3. The number of aromatic nitrogens is 4. The van der Waals surface area contributed by atoms with E-state index < -0.39 is 0 Å². The highest BCUT2D eigenvalue weighted by Crippen LogP contribution is 2.27. The number of ether oxygens (including phenoxy) is 1. The Bertz CT molecular complexity index is 738. The van der Waals surface area contributed by atoms with Crippen molar-refractivity contribution in [3.8, 4) is 5.88 Å². The molecular formula is C12H13N5O2S. The van der Waals surface area contributed by atoms with Crippen LogP contribution in [0.2, 0.25) is 0 Å². The van der Waals surface area contributed by atoms with E-state index in [1.165, 1.54) is 17.9 Å². The molecule has 0 aliphatic rings. The molecule has 3 rings (SSSR count). The fraction of sp³-hybridized carbons (Fsp3) is 0.333. The molecule has 0 N–H and O–H groups in total. The van der Waals surface area contributed by atoms with Gasteiger partial charge >= 0.3 is 0 Å². The molecule has 0 aliphatic heterocycles. The Morgan fingerprint density at radius 2 is 2.25 bits per heavy atom. The minimum Gasteiger partial charge on any atom is -0.480 e. The van der Waals surface area contributed by atoms with E-state index in [9.17, 15) is 0 Å².